The molecule has 0 spiro atoms. The van der Waals surface area contributed by atoms with Gasteiger partial charge in [0.1, 0.15) is 12.4 Å². The minimum absolute atomic E-state index is 0.0686. The number of carbonyl (C=O) groups is 1. The van der Waals surface area contributed by atoms with Gasteiger partial charge in [0.2, 0.25) is 5.91 Å². The topological polar surface area (TPSA) is 59.8 Å². The summed E-state index contributed by atoms with van der Waals surface area (Å²) in [4.78, 5) is 11.7. The number of carbonyl (C=O) groups excluding carboxylic acids is 1. The molecule has 1 saturated carbocycles. The van der Waals surface area contributed by atoms with E-state index in [-0.39, 0.29) is 11.8 Å². The van der Waals surface area contributed by atoms with Gasteiger partial charge in [-0.1, -0.05) is 43.2 Å². The number of amides is 1. The molecule has 0 bridgehead atoms. The van der Waals surface area contributed by atoms with Gasteiger partial charge in [0.05, 0.1) is 11.3 Å². The van der Waals surface area contributed by atoms with Crippen LogP contribution in [0.15, 0.2) is 29.4 Å². The van der Waals surface area contributed by atoms with Gasteiger partial charge in [-0.15, -0.1) is 10.2 Å². The fourth-order valence-corrected chi connectivity index (χ4v) is 4.09. The standard InChI is InChI=1S/C18H20F4N4OS/c19-14-9-5-4-8-13(14)16-24-25-17(26(16)12-6-2-1-3-7-12)28-10-15(27)23-11-18(20,21)22/h4-5,8-9,12H,1-3,6-7,10-11H2,(H,23,27). The first kappa shape index (κ1) is 20.6. The molecule has 1 N–H and O–H groups in total. The number of nitrogens with one attached hydrogen (secondary N) is 1. The predicted molar refractivity (Wildman–Crippen MR) is 97.3 cm³/mol. The van der Waals surface area contributed by atoms with Gasteiger partial charge in [0.15, 0.2) is 11.0 Å². The summed E-state index contributed by atoms with van der Waals surface area (Å²) in [6.45, 7) is -1.37. The largest absolute Gasteiger partial charge is 0.405 e. The quantitative estimate of drug-likeness (QED) is 0.562. The molecule has 1 aromatic heterocycles. The van der Waals surface area contributed by atoms with Crippen LogP contribution in [0, 0.1) is 5.82 Å². The summed E-state index contributed by atoms with van der Waals surface area (Å²) in [5.74, 6) is -1.01. The molecule has 1 aliphatic rings. The lowest BCUT2D eigenvalue weighted by atomic mass is 9.95. The van der Waals surface area contributed by atoms with Crippen molar-refractivity contribution in [3.05, 3.63) is 30.1 Å². The third-order valence-corrected chi connectivity index (χ3v) is 5.48. The van der Waals surface area contributed by atoms with Gasteiger partial charge in [-0.25, -0.2) is 4.39 Å². The normalized spacial score (nSPS) is 15.6. The summed E-state index contributed by atoms with van der Waals surface area (Å²) in [6.07, 6.45) is 0.475. The number of nitrogens with zero attached hydrogens (tertiary/aromatic N) is 3. The van der Waals surface area contributed by atoms with Gasteiger partial charge < -0.3 is 5.32 Å². The summed E-state index contributed by atoms with van der Waals surface area (Å²) in [7, 11) is 0. The highest BCUT2D eigenvalue weighted by atomic mass is 32.2. The molecule has 0 aliphatic heterocycles. The zero-order chi connectivity index (χ0) is 20.1. The smallest absolute Gasteiger partial charge is 0.346 e. The molecule has 1 aliphatic carbocycles. The van der Waals surface area contributed by atoms with Crippen LogP contribution < -0.4 is 5.32 Å². The molecule has 1 amide bonds. The highest BCUT2D eigenvalue weighted by molar-refractivity contribution is 7.99. The minimum Gasteiger partial charge on any atom is -0.346 e. The Kier molecular flexibility index (Phi) is 6.58. The molecule has 28 heavy (non-hydrogen) atoms. The van der Waals surface area contributed by atoms with Crippen LogP contribution in [-0.4, -0.2) is 39.1 Å². The lowest BCUT2D eigenvalue weighted by molar-refractivity contribution is -0.136. The second-order valence-electron chi connectivity index (χ2n) is 6.63. The molecule has 0 radical (unpaired) electrons. The Morgan fingerprint density at radius 2 is 1.89 bits per heavy atom. The van der Waals surface area contributed by atoms with Crippen LogP contribution in [0.25, 0.3) is 11.4 Å². The number of hydrogen-bond donors (Lipinski definition) is 1. The molecule has 152 valence electrons. The van der Waals surface area contributed by atoms with E-state index in [1.165, 1.54) is 6.07 Å². The SMILES string of the molecule is O=C(CSc1nnc(-c2ccccc2F)n1C1CCCCC1)NCC(F)(F)F. The summed E-state index contributed by atoms with van der Waals surface area (Å²) < 4.78 is 52.8. The van der Waals surface area contributed by atoms with Crippen molar-refractivity contribution in [2.45, 2.75) is 49.5 Å². The predicted octanol–water partition coefficient (Wildman–Crippen LogP) is 4.36. The van der Waals surface area contributed by atoms with Crippen molar-refractivity contribution in [3.8, 4) is 11.4 Å². The Balaban J connectivity index is 1.81. The fourth-order valence-electron chi connectivity index (χ4n) is 3.25. The summed E-state index contributed by atoms with van der Waals surface area (Å²) in [5.41, 5.74) is 0.314. The van der Waals surface area contributed by atoms with E-state index in [0.29, 0.717) is 16.5 Å². The lowest BCUT2D eigenvalue weighted by Gasteiger charge is -2.25. The number of alkyl halides is 3. The van der Waals surface area contributed by atoms with E-state index in [4.69, 9.17) is 0 Å². The van der Waals surface area contributed by atoms with Crippen molar-refractivity contribution in [1.29, 1.82) is 0 Å². The maximum absolute atomic E-state index is 14.3. The molecule has 1 heterocycles. The zero-order valence-electron chi connectivity index (χ0n) is 15.0. The fraction of sp³-hybridized carbons (Fsp3) is 0.500. The number of halogens is 4. The maximum Gasteiger partial charge on any atom is 0.405 e. The van der Waals surface area contributed by atoms with Gasteiger partial charge in [0, 0.05) is 6.04 Å². The van der Waals surface area contributed by atoms with Crippen LogP contribution in [0.2, 0.25) is 0 Å². The van der Waals surface area contributed by atoms with E-state index in [1.54, 1.807) is 18.2 Å². The Bertz CT molecular complexity index is 818. The number of hydrogen-bond acceptors (Lipinski definition) is 4. The van der Waals surface area contributed by atoms with Crippen molar-refractivity contribution in [2.24, 2.45) is 0 Å². The van der Waals surface area contributed by atoms with Crippen LogP contribution in [0.1, 0.15) is 38.1 Å². The Morgan fingerprint density at radius 1 is 1.18 bits per heavy atom. The maximum atomic E-state index is 14.3. The summed E-state index contributed by atoms with van der Waals surface area (Å²) in [5, 5.41) is 10.5. The minimum atomic E-state index is -4.46. The lowest BCUT2D eigenvalue weighted by Crippen LogP contribution is -2.34. The molecule has 0 unspecified atom stereocenters. The number of aromatic nitrogens is 3. The van der Waals surface area contributed by atoms with E-state index < -0.39 is 24.4 Å². The van der Waals surface area contributed by atoms with Crippen LogP contribution in [0.5, 0.6) is 0 Å². The molecule has 0 saturated heterocycles. The monoisotopic (exact) mass is 416 g/mol. The number of thioether (sulfide) groups is 1. The summed E-state index contributed by atoms with van der Waals surface area (Å²) >= 11 is 1.01. The Labute approximate surface area is 163 Å². The third-order valence-electron chi connectivity index (χ3n) is 4.54. The van der Waals surface area contributed by atoms with Crippen molar-refractivity contribution in [2.75, 3.05) is 12.3 Å². The van der Waals surface area contributed by atoms with Crippen molar-refractivity contribution in [3.63, 3.8) is 0 Å². The summed E-state index contributed by atoms with van der Waals surface area (Å²) in [6, 6.07) is 6.31. The average molecular weight is 416 g/mol. The van der Waals surface area contributed by atoms with Crippen LogP contribution in [-0.2, 0) is 4.79 Å². The van der Waals surface area contributed by atoms with Crippen molar-refractivity contribution >= 4 is 17.7 Å². The van der Waals surface area contributed by atoms with Crippen LogP contribution in [0.4, 0.5) is 17.6 Å². The van der Waals surface area contributed by atoms with Gasteiger partial charge in [0.25, 0.3) is 0 Å². The molecule has 5 nitrogen and oxygen atoms in total. The Morgan fingerprint density at radius 3 is 2.57 bits per heavy atom. The average Bonchev–Trinajstić information content (AvgIpc) is 3.09. The van der Waals surface area contributed by atoms with E-state index in [1.807, 2.05) is 9.88 Å². The first-order valence-corrected chi connectivity index (χ1v) is 10.00. The molecule has 1 fully saturated rings. The van der Waals surface area contributed by atoms with E-state index in [9.17, 15) is 22.4 Å². The zero-order valence-corrected chi connectivity index (χ0v) is 15.8. The molecule has 2 aromatic rings. The molecular weight excluding hydrogens is 396 g/mol. The van der Waals surface area contributed by atoms with E-state index >= 15 is 0 Å². The number of rotatable bonds is 6. The van der Waals surface area contributed by atoms with Gasteiger partial charge in [-0.05, 0) is 25.0 Å². The molecular formula is C18H20F4N4OS. The second kappa shape index (κ2) is 8.93. The van der Waals surface area contributed by atoms with Crippen LogP contribution >= 0.6 is 11.8 Å². The second-order valence-corrected chi connectivity index (χ2v) is 7.57. The van der Waals surface area contributed by atoms with E-state index in [0.717, 1.165) is 43.9 Å². The van der Waals surface area contributed by atoms with Crippen molar-refractivity contribution < 1.29 is 22.4 Å². The first-order valence-electron chi connectivity index (χ1n) is 9.01. The van der Waals surface area contributed by atoms with Crippen LogP contribution in [0.3, 0.4) is 0 Å². The molecule has 3 rings (SSSR count). The molecule has 0 atom stereocenters. The van der Waals surface area contributed by atoms with Gasteiger partial charge in [-0.2, -0.15) is 13.2 Å². The van der Waals surface area contributed by atoms with E-state index in [2.05, 4.69) is 10.2 Å². The first-order chi connectivity index (χ1) is 13.3. The molecule has 1 aromatic carbocycles. The highest BCUT2D eigenvalue weighted by Crippen LogP contribution is 2.36. The van der Waals surface area contributed by atoms with Gasteiger partial charge in [-0.3, -0.25) is 9.36 Å². The number of benzene rings is 1. The molecule has 10 heteroatoms. The van der Waals surface area contributed by atoms with Crippen molar-refractivity contribution in [1.82, 2.24) is 20.1 Å². The Hall–Kier alpha value is -2.10. The third kappa shape index (κ3) is 5.24. The highest BCUT2D eigenvalue weighted by Gasteiger charge is 2.28. The van der Waals surface area contributed by atoms with Gasteiger partial charge >= 0.3 is 6.18 Å².